The van der Waals surface area contributed by atoms with Gasteiger partial charge in [-0.15, -0.1) is 0 Å². The van der Waals surface area contributed by atoms with E-state index in [0.29, 0.717) is 0 Å². The van der Waals surface area contributed by atoms with Crippen molar-refractivity contribution in [1.29, 1.82) is 0 Å². The van der Waals surface area contributed by atoms with E-state index in [-0.39, 0.29) is 29.6 Å². The SMILES string of the molecule is NO.O=S(=O)([O-])O.O=S(O)O.[Na+]. The fourth-order valence-corrected chi connectivity index (χ4v) is 0. The van der Waals surface area contributed by atoms with Crippen LogP contribution in [0.25, 0.3) is 0 Å². The molecule has 0 aromatic heterocycles. The van der Waals surface area contributed by atoms with Crippen LogP contribution in [0.15, 0.2) is 0 Å². The summed E-state index contributed by atoms with van der Waals surface area (Å²) in [5.74, 6) is 3.50. The topological polar surface area (TPSA) is 181 Å². The quantitative estimate of drug-likeness (QED) is 0.0902. The number of hydrogen-bond donors (Lipinski definition) is 5. The van der Waals surface area contributed by atoms with Gasteiger partial charge in [-0.1, -0.05) is 0 Å². The summed E-state index contributed by atoms with van der Waals surface area (Å²) >= 11 is -2.61. The molecular weight excluding hydrogens is 229 g/mol. The second-order valence-corrected chi connectivity index (χ2v) is 1.98. The molecule has 12 heteroatoms. The van der Waals surface area contributed by atoms with E-state index < -0.39 is 21.8 Å². The molecule has 0 rings (SSSR count). The van der Waals surface area contributed by atoms with Crippen molar-refractivity contribution in [2.75, 3.05) is 0 Å². The molecule has 0 amide bonds. The van der Waals surface area contributed by atoms with E-state index >= 15 is 0 Å². The van der Waals surface area contributed by atoms with Crippen LogP contribution >= 0.6 is 0 Å². The Bertz CT molecular complexity index is 159. The number of rotatable bonds is 0. The third kappa shape index (κ3) is 1430. The molecule has 0 aromatic carbocycles. The minimum atomic E-state index is -4.92. The summed E-state index contributed by atoms with van der Waals surface area (Å²) in [6.07, 6.45) is 0. The summed E-state index contributed by atoms with van der Waals surface area (Å²) in [5, 5.41) is 6.50. The molecule has 0 aliphatic carbocycles. The third-order valence-electron chi connectivity index (χ3n) is 0. The standard InChI is InChI=1S/H3NO.Na.H2O4S.H2O3S/c1-2;;1-5(2,3)4;1-4(2)3/h2H,1H2;;(H2,1,2,3,4);(H2,1,2,3)/q;+1;;/p-1. The predicted molar refractivity (Wildman–Crippen MR) is 31.7 cm³/mol. The second kappa shape index (κ2) is 14.4. The van der Waals surface area contributed by atoms with Gasteiger partial charge in [0.1, 0.15) is 0 Å². The Balaban J connectivity index is -0.0000000419. The molecule has 0 spiro atoms. The van der Waals surface area contributed by atoms with Gasteiger partial charge in [-0.25, -0.2) is 14.3 Å². The molecule has 6 N–H and O–H groups in total. The predicted octanol–water partition coefficient (Wildman–Crippen LogP) is -4.98. The largest absolute Gasteiger partial charge is 1.00 e. The average molecular weight is 235 g/mol. The maximum absolute atomic E-state index is 8.67. The molecule has 0 saturated carbocycles. The Morgan fingerprint density at radius 1 is 1.25 bits per heavy atom. The van der Waals surface area contributed by atoms with Crippen LogP contribution in [0.4, 0.5) is 0 Å². The zero-order chi connectivity index (χ0) is 10.1. The van der Waals surface area contributed by atoms with Gasteiger partial charge >= 0.3 is 29.6 Å². The minimum absolute atomic E-state index is 0. The van der Waals surface area contributed by atoms with Gasteiger partial charge in [0, 0.05) is 0 Å². The molecule has 72 valence electrons. The molecule has 0 heterocycles. The summed E-state index contributed by atoms with van der Waals surface area (Å²) in [5.41, 5.74) is 0. The molecule has 0 aliphatic heterocycles. The summed E-state index contributed by atoms with van der Waals surface area (Å²) in [6.45, 7) is 0. The van der Waals surface area contributed by atoms with Gasteiger partial charge < -0.3 is 9.76 Å². The zero-order valence-electron chi connectivity index (χ0n) is 5.82. The van der Waals surface area contributed by atoms with Crippen LogP contribution in [0.3, 0.4) is 0 Å². The summed E-state index contributed by atoms with van der Waals surface area (Å²) in [7, 11) is -4.92. The maximum atomic E-state index is 8.67. The van der Waals surface area contributed by atoms with Crippen LogP contribution in [-0.4, -0.2) is 36.0 Å². The maximum Gasteiger partial charge on any atom is 1.00 e. The summed E-state index contributed by atoms with van der Waals surface area (Å²) in [4.78, 5) is 0. The molecule has 0 unspecified atom stereocenters. The van der Waals surface area contributed by atoms with Gasteiger partial charge in [-0.2, -0.15) is 4.21 Å². The Morgan fingerprint density at radius 2 is 1.25 bits per heavy atom. The van der Waals surface area contributed by atoms with Gasteiger partial charge in [0.2, 0.25) is 10.4 Å². The van der Waals surface area contributed by atoms with Gasteiger partial charge in [0.05, 0.1) is 0 Å². The fraction of sp³-hybridized carbons (Fsp3) is 0. The van der Waals surface area contributed by atoms with Gasteiger partial charge in [-0.3, -0.25) is 13.7 Å². The Morgan fingerprint density at radius 3 is 1.25 bits per heavy atom. The summed E-state index contributed by atoms with van der Waals surface area (Å²) < 4.78 is 55.7. The van der Waals surface area contributed by atoms with E-state index in [0.717, 1.165) is 0 Å². The minimum Gasteiger partial charge on any atom is -0.726 e. The van der Waals surface area contributed by atoms with Crippen molar-refractivity contribution >= 4 is 21.8 Å². The molecule has 0 aromatic rings. The molecule has 12 heavy (non-hydrogen) atoms. The number of nitrogens with two attached hydrogens (primary N) is 1. The zero-order valence-corrected chi connectivity index (χ0v) is 9.45. The smallest absolute Gasteiger partial charge is 0.726 e. The number of hydrogen-bond acceptors (Lipinski definition) is 6. The molecule has 0 bridgehead atoms. The van der Waals surface area contributed by atoms with Crippen molar-refractivity contribution < 1.29 is 65.6 Å². The van der Waals surface area contributed by atoms with E-state index in [4.69, 9.17) is 36.0 Å². The average Bonchev–Trinajstić information content (AvgIpc) is 1.63. The van der Waals surface area contributed by atoms with E-state index in [1.165, 1.54) is 0 Å². The van der Waals surface area contributed by atoms with E-state index in [2.05, 4.69) is 5.90 Å². The van der Waals surface area contributed by atoms with Crippen LogP contribution in [-0.2, 0) is 21.8 Å². The molecule has 9 nitrogen and oxygen atoms in total. The first kappa shape index (κ1) is 23.0. The van der Waals surface area contributed by atoms with Crippen molar-refractivity contribution in [3.8, 4) is 0 Å². The third-order valence-corrected chi connectivity index (χ3v) is 0. The Hall–Kier alpha value is 0.860. The molecule has 0 aliphatic rings. The van der Waals surface area contributed by atoms with Crippen molar-refractivity contribution in [3.05, 3.63) is 0 Å². The van der Waals surface area contributed by atoms with Crippen molar-refractivity contribution in [1.82, 2.24) is 0 Å². The monoisotopic (exact) mass is 235 g/mol. The first-order chi connectivity index (χ1) is 4.73. The molecule has 0 atom stereocenters. The molecule has 0 fully saturated rings. The first-order valence-electron chi connectivity index (χ1n) is 1.47. The second-order valence-electron chi connectivity index (χ2n) is 0.658. The van der Waals surface area contributed by atoms with Crippen LogP contribution in [0, 0.1) is 0 Å². The van der Waals surface area contributed by atoms with Crippen molar-refractivity contribution in [2.24, 2.45) is 5.90 Å². The van der Waals surface area contributed by atoms with Crippen molar-refractivity contribution in [3.63, 3.8) is 0 Å². The fourth-order valence-electron chi connectivity index (χ4n) is 0. The van der Waals surface area contributed by atoms with E-state index in [1.54, 1.807) is 0 Å². The molecule has 0 saturated heterocycles. The van der Waals surface area contributed by atoms with Crippen LogP contribution in [0.5, 0.6) is 0 Å². The Labute approximate surface area is 92.9 Å². The Kier molecular flexibility index (Phi) is 27.6. The van der Waals surface area contributed by atoms with Crippen LogP contribution in [0.2, 0.25) is 0 Å². The molecule has 0 radical (unpaired) electrons. The van der Waals surface area contributed by atoms with Crippen LogP contribution in [0.1, 0.15) is 0 Å². The van der Waals surface area contributed by atoms with E-state index in [1.807, 2.05) is 0 Å². The first-order valence-corrected chi connectivity index (χ1v) is 3.90. The van der Waals surface area contributed by atoms with Gasteiger partial charge in [0.15, 0.2) is 0 Å². The van der Waals surface area contributed by atoms with E-state index in [9.17, 15) is 0 Å². The van der Waals surface area contributed by atoms with Crippen LogP contribution < -0.4 is 35.5 Å². The van der Waals surface area contributed by atoms with Gasteiger partial charge in [-0.05, 0) is 0 Å². The normalized spacial score (nSPS) is 8.25. The van der Waals surface area contributed by atoms with Gasteiger partial charge in [0.25, 0.3) is 11.4 Å². The van der Waals surface area contributed by atoms with Crippen molar-refractivity contribution in [2.45, 2.75) is 0 Å². The molecular formula is H6NNaO8S2. The summed E-state index contributed by atoms with van der Waals surface area (Å²) in [6, 6.07) is 0.